The lowest BCUT2D eigenvalue weighted by Crippen LogP contribution is -1.89. The van der Waals surface area contributed by atoms with E-state index >= 15 is 0 Å². The Balaban J connectivity index is 3.07. The summed E-state index contributed by atoms with van der Waals surface area (Å²) in [6, 6.07) is 5.30. The molecular formula is C7H7BFI. The predicted molar refractivity (Wildman–Crippen MR) is 51.4 cm³/mol. The second-order valence-electron chi connectivity index (χ2n) is 2.09. The van der Waals surface area contributed by atoms with Gasteiger partial charge in [0.1, 0.15) is 13.7 Å². The lowest BCUT2D eigenvalue weighted by molar-refractivity contribution is 0.616. The van der Waals surface area contributed by atoms with Crippen molar-refractivity contribution in [1.29, 1.82) is 0 Å². The molecule has 10 heavy (non-hydrogen) atoms. The van der Waals surface area contributed by atoms with Crippen LogP contribution in [-0.4, -0.2) is 7.85 Å². The van der Waals surface area contributed by atoms with Gasteiger partial charge in [0.2, 0.25) is 0 Å². The van der Waals surface area contributed by atoms with Crippen molar-refractivity contribution in [3.63, 3.8) is 0 Å². The molecule has 0 heterocycles. The Labute approximate surface area is 74.4 Å². The molecule has 0 aliphatic heterocycles. The van der Waals surface area contributed by atoms with Crippen LogP contribution in [0.25, 0.3) is 0 Å². The Morgan fingerprint density at radius 2 is 2.20 bits per heavy atom. The molecule has 0 saturated heterocycles. The molecule has 0 spiro atoms. The summed E-state index contributed by atoms with van der Waals surface area (Å²) in [6.07, 6.45) is 0.767. The van der Waals surface area contributed by atoms with Crippen molar-refractivity contribution < 1.29 is 4.39 Å². The van der Waals surface area contributed by atoms with Crippen molar-refractivity contribution >= 4 is 30.4 Å². The lowest BCUT2D eigenvalue weighted by atomic mass is 9.97. The summed E-state index contributed by atoms with van der Waals surface area (Å²) >= 11 is 2.10. The molecule has 0 bridgehead atoms. The normalized spacial score (nSPS) is 9.80. The standard InChI is InChI=1S/C7H7BFI/c8-4-5-1-2-6(10)3-7(5)9/h1-3H,4,8H2. The van der Waals surface area contributed by atoms with E-state index in [1.54, 1.807) is 6.07 Å². The molecule has 0 amide bonds. The van der Waals surface area contributed by atoms with Crippen molar-refractivity contribution in [3.05, 3.63) is 33.1 Å². The highest BCUT2D eigenvalue weighted by Crippen LogP contribution is 2.11. The predicted octanol–water partition coefficient (Wildman–Crippen LogP) is 1.56. The molecule has 1 rings (SSSR count). The minimum atomic E-state index is -0.0885. The molecule has 1 aromatic rings. The Hall–Kier alpha value is -0.0551. The van der Waals surface area contributed by atoms with Crippen molar-refractivity contribution in [3.8, 4) is 0 Å². The average Bonchev–Trinajstić information content (AvgIpc) is 1.88. The van der Waals surface area contributed by atoms with Gasteiger partial charge in [0, 0.05) is 3.57 Å². The molecule has 3 heteroatoms. The molecule has 52 valence electrons. The van der Waals surface area contributed by atoms with Crippen molar-refractivity contribution in [2.45, 2.75) is 6.32 Å². The summed E-state index contributed by atoms with van der Waals surface area (Å²) in [4.78, 5) is 0. The SMILES string of the molecule is BCc1ccc(I)cc1F. The first kappa shape index (κ1) is 8.05. The summed E-state index contributed by atoms with van der Waals surface area (Å²) in [5.74, 6) is -0.0885. The molecule has 0 nitrogen and oxygen atoms in total. The van der Waals surface area contributed by atoms with E-state index in [0.29, 0.717) is 0 Å². The van der Waals surface area contributed by atoms with Crippen molar-refractivity contribution in [2.24, 2.45) is 0 Å². The van der Waals surface area contributed by atoms with E-state index in [-0.39, 0.29) is 5.82 Å². The monoisotopic (exact) mass is 248 g/mol. The zero-order chi connectivity index (χ0) is 7.56. The summed E-state index contributed by atoms with van der Waals surface area (Å²) in [5, 5.41) is 0. The highest BCUT2D eigenvalue weighted by Gasteiger charge is 1.98. The van der Waals surface area contributed by atoms with Crippen LogP contribution >= 0.6 is 22.6 Å². The van der Waals surface area contributed by atoms with E-state index in [9.17, 15) is 4.39 Å². The first-order valence-electron chi connectivity index (χ1n) is 3.18. The molecule has 0 saturated carbocycles. The van der Waals surface area contributed by atoms with Gasteiger partial charge in [0.15, 0.2) is 0 Å². The van der Waals surface area contributed by atoms with Gasteiger partial charge in [-0.05, 0) is 40.3 Å². The van der Waals surface area contributed by atoms with Gasteiger partial charge in [0.25, 0.3) is 0 Å². The van der Waals surface area contributed by atoms with Crippen LogP contribution in [0.1, 0.15) is 5.56 Å². The minimum absolute atomic E-state index is 0.0885. The van der Waals surface area contributed by atoms with Gasteiger partial charge >= 0.3 is 0 Å². The van der Waals surface area contributed by atoms with E-state index in [4.69, 9.17) is 0 Å². The first-order chi connectivity index (χ1) is 4.74. The highest BCUT2D eigenvalue weighted by molar-refractivity contribution is 14.1. The molecule has 1 aromatic carbocycles. The number of benzene rings is 1. The largest absolute Gasteiger partial charge is 0.207 e. The topological polar surface area (TPSA) is 0 Å². The van der Waals surface area contributed by atoms with E-state index in [1.165, 1.54) is 0 Å². The summed E-state index contributed by atoms with van der Waals surface area (Å²) in [7, 11) is 1.95. The lowest BCUT2D eigenvalue weighted by Gasteiger charge is -1.97. The minimum Gasteiger partial charge on any atom is -0.207 e. The average molecular weight is 248 g/mol. The summed E-state index contributed by atoms with van der Waals surface area (Å²) in [6.45, 7) is 0. The molecule has 0 atom stereocenters. The molecule has 0 fully saturated rings. The Bertz CT molecular complexity index is 237. The molecule has 0 radical (unpaired) electrons. The van der Waals surface area contributed by atoms with Crippen LogP contribution in [0.4, 0.5) is 4.39 Å². The van der Waals surface area contributed by atoms with E-state index in [1.807, 2.05) is 20.0 Å². The van der Waals surface area contributed by atoms with E-state index < -0.39 is 0 Å². The van der Waals surface area contributed by atoms with E-state index in [0.717, 1.165) is 15.5 Å². The smallest absolute Gasteiger partial charge is 0.126 e. The molecule has 0 N–H and O–H groups in total. The zero-order valence-electron chi connectivity index (χ0n) is 5.70. The van der Waals surface area contributed by atoms with Crippen molar-refractivity contribution in [1.82, 2.24) is 0 Å². The maximum atomic E-state index is 12.8. The number of hydrogen-bond donors (Lipinski definition) is 0. The zero-order valence-corrected chi connectivity index (χ0v) is 7.85. The maximum absolute atomic E-state index is 12.8. The van der Waals surface area contributed by atoms with Crippen LogP contribution in [0.2, 0.25) is 0 Å². The second kappa shape index (κ2) is 3.37. The quantitative estimate of drug-likeness (QED) is 0.522. The van der Waals surface area contributed by atoms with Crippen LogP contribution in [0, 0.1) is 9.39 Å². The summed E-state index contributed by atoms with van der Waals surface area (Å²) < 4.78 is 13.8. The van der Waals surface area contributed by atoms with Crippen LogP contribution < -0.4 is 0 Å². The fraction of sp³-hybridized carbons (Fsp3) is 0.143. The van der Waals surface area contributed by atoms with Gasteiger partial charge in [-0.15, -0.1) is 0 Å². The Morgan fingerprint density at radius 3 is 2.70 bits per heavy atom. The maximum Gasteiger partial charge on any atom is 0.126 e. The number of hydrogen-bond acceptors (Lipinski definition) is 0. The highest BCUT2D eigenvalue weighted by atomic mass is 127. The summed E-state index contributed by atoms with van der Waals surface area (Å²) in [5.41, 5.74) is 0.792. The van der Waals surface area contributed by atoms with Gasteiger partial charge in [0.05, 0.1) is 0 Å². The third-order valence-corrected chi connectivity index (χ3v) is 2.07. The third kappa shape index (κ3) is 1.72. The molecule has 0 aliphatic rings. The van der Waals surface area contributed by atoms with Gasteiger partial charge in [-0.3, -0.25) is 0 Å². The van der Waals surface area contributed by atoms with Crippen LogP contribution in [-0.2, 0) is 6.32 Å². The van der Waals surface area contributed by atoms with Gasteiger partial charge in [-0.2, -0.15) is 0 Å². The third-order valence-electron chi connectivity index (χ3n) is 1.40. The van der Waals surface area contributed by atoms with Crippen molar-refractivity contribution in [2.75, 3.05) is 0 Å². The Morgan fingerprint density at radius 1 is 1.50 bits per heavy atom. The van der Waals surface area contributed by atoms with Crippen LogP contribution in [0.15, 0.2) is 18.2 Å². The fourth-order valence-corrected chi connectivity index (χ4v) is 1.26. The van der Waals surface area contributed by atoms with Gasteiger partial charge in [-0.1, -0.05) is 12.4 Å². The van der Waals surface area contributed by atoms with Crippen LogP contribution in [0.3, 0.4) is 0 Å². The molecule has 0 aromatic heterocycles. The van der Waals surface area contributed by atoms with Crippen LogP contribution in [0.5, 0.6) is 0 Å². The molecule has 0 unspecified atom stereocenters. The van der Waals surface area contributed by atoms with Gasteiger partial charge < -0.3 is 0 Å². The Kier molecular flexibility index (Phi) is 2.71. The fourth-order valence-electron chi connectivity index (χ4n) is 0.808. The van der Waals surface area contributed by atoms with E-state index in [2.05, 4.69) is 22.6 Å². The molecular weight excluding hydrogens is 241 g/mol. The van der Waals surface area contributed by atoms with Gasteiger partial charge in [-0.25, -0.2) is 4.39 Å². The number of halogens is 2. The molecule has 0 aliphatic carbocycles. The first-order valence-corrected chi connectivity index (χ1v) is 4.26. The second-order valence-corrected chi connectivity index (χ2v) is 3.33. The number of rotatable bonds is 1.